The summed E-state index contributed by atoms with van der Waals surface area (Å²) in [5.74, 6) is -0.144. The lowest BCUT2D eigenvalue weighted by Crippen LogP contribution is -2.36. The Kier molecular flexibility index (Phi) is 5.77. The number of aryl methyl sites for hydroxylation is 1. The molecule has 0 saturated carbocycles. The zero-order chi connectivity index (χ0) is 19.6. The number of carbonyl (C=O) groups excluding carboxylic acids is 1. The lowest BCUT2D eigenvalue weighted by Gasteiger charge is -2.27. The molecule has 2 aromatic rings. The third-order valence-electron chi connectivity index (χ3n) is 4.46. The first-order valence-electron chi connectivity index (χ1n) is 8.36. The van der Waals surface area contributed by atoms with E-state index in [1.165, 1.54) is 6.34 Å². The van der Waals surface area contributed by atoms with Crippen LogP contribution in [0, 0.1) is 0 Å². The maximum atomic E-state index is 12.9. The van der Waals surface area contributed by atoms with Crippen LogP contribution in [-0.2, 0) is 20.0 Å². The summed E-state index contributed by atoms with van der Waals surface area (Å²) in [6.07, 6.45) is 3.83. The Labute approximate surface area is 167 Å². The lowest BCUT2D eigenvalue weighted by atomic mass is 10.0. The molecule has 0 aliphatic carbocycles. The molecule has 0 radical (unpaired) electrons. The van der Waals surface area contributed by atoms with E-state index >= 15 is 0 Å². The number of benzene rings is 1. The number of amides is 1. The Bertz CT molecular complexity index is 961. The average molecular weight is 404 g/mol. The molecule has 0 bridgehead atoms. The minimum atomic E-state index is -0.144. The maximum Gasteiger partial charge on any atom is 0.255 e. The second kappa shape index (κ2) is 8.06. The largest absolute Gasteiger partial charge is 0.332 e. The normalized spacial score (nSPS) is 14.5. The summed E-state index contributed by atoms with van der Waals surface area (Å²) in [4.78, 5) is 22.3. The van der Waals surface area contributed by atoms with E-state index in [1.807, 2.05) is 18.7 Å². The highest BCUT2D eigenvalue weighted by Crippen LogP contribution is 2.30. The van der Waals surface area contributed by atoms with E-state index in [2.05, 4.69) is 21.8 Å². The Morgan fingerprint density at radius 1 is 1.37 bits per heavy atom. The van der Waals surface area contributed by atoms with Crippen molar-refractivity contribution >= 4 is 47.7 Å². The van der Waals surface area contributed by atoms with Crippen molar-refractivity contribution < 1.29 is 4.79 Å². The van der Waals surface area contributed by atoms with Crippen molar-refractivity contribution in [1.82, 2.24) is 14.7 Å². The monoisotopic (exact) mass is 403 g/mol. The van der Waals surface area contributed by atoms with Gasteiger partial charge in [0.2, 0.25) is 0 Å². The van der Waals surface area contributed by atoms with Gasteiger partial charge in [0.25, 0.3) is 5.91 Å². The van der Waals surface area contributed by atoms with E-state index in [0.717, 1.165) is 22.5 Å². The molecule has 2 heterocycles. The molecule has 140 valence electrons. The average Bonchev–Trinajstić information content (AvgIpc) is 2.98. The molecule has 0 spiro atoms. The van der Waals surface area contributed by atoms with E-state index in [1.54, 1.807) is 29.3 Å². The van der Waals surface area contributed by atoms with Gasteiger partial charge in [0, 0.05) is 25.4 Å². The Hall–Kier alpha value is -2.44. The van der Waals surface area contributed by atoms with Gasteiger partial charge in [-0.1, -0.05) is 29.3 Å². The van der Waals surface area contributed by atoms with Crippen molar-refractivity contribution in [3.63, 3.8) is 0 Å². The van der Waals surface area contributed by atoms with Gasteiger partial charge >= 0.3 is 0 Å². The topological polar surface area (TPSA) is 62.9 Å². The molecule has 1 aliphatic rings. The summed E-state index contributed by atoms with van der Waals surface area (Å²) in [5.41, 5.74) is 4.41. The van der Waals surface area contributed by atoms with E-state index in [0.29, 0.717) is 30.1 Å². The predicted molar refractivity (Wildman–Crippen MR) is 110 cm³/mol. The number of carbonyl (C=O) groups is 1. The van der Waals surface area contributed by atoms with E-state index in [4.69, 9.17) is 23.2 Å². The van der Waals surface area contributed by atoms with Crippen molar-refractivity contribution in [2.45, 2.75) is 19.9 Å². The lowest BCUT2D eigenvalue weighted by molar-refractivity contribution is 0.0732. The van der Waals surface area contributed by atoms with Crippen LogP contribution in [-0.4, -0.2) is 40.2 Å². The molecule has 0 N–H and O–H groups in total. The molecule has 1 aromatic heterocycles. The molecule has 3 rings (SSSR count). The van der Waals surface area contributed by atoms with Gasteiger partial charge in [0.1, 0.15) is 6.34 Å². The Morgan fingerprint density at radius 3 is 2.89 bits per heavy atom. The molecule has 6 nitrogen and oxygen atoms in total. The summed E-state index contributed by atoms with van der Waals surface area (Å²) >= 11 is 12.2. The number of aliphatic imine (C=N–C) groups is 2. The van der Waals surface area contributed by atoms with Crippen LogP contribution in [0.3, 0.4) is 0 Å². The number of nitrogens with zero attached hydrogens (tertiary/aromatic N) is 5. The SMILES string of the molecule is C=N/C=N\C=C(/C)c1c2c(nn1C)CN(C(=O)c1cccc(Cl)c1Cl)CC2. The fourth-order valence-corrected chi connectivity index (χ4v) is 3.66. The zero-order valence-corrected chi connectivity index (χ0v) is 16.6. The Balaban J connectivity index is 1.88. The maximum absolute atomic E-state index is 12.9. The summed E-state index contributed by atoms with van der Waals surface area (Å²) in [7, 11) is 1.89. The number of hydrogen-bond acceptors (Lipinski definition) is 3. The van der Waals surface area contributed by atoms with Crippen molar-refractivity contribution in [2.75, 3.05) is 6.54 Å². The highest BCUT2D eigenvalue weighted by atomic mass is 35.5. The number of allylic oxidation sites excluding steroid dienone is 1. The van der Waals surface area contributed by atoms with Crippen LogP contribution in [0.4, 0.5) is 0 Å². The third kappa shape index (κ3) is 3.82. The first-order valence-corrected chi connectivity index (χ1v) is 9.12. The molecule has 0 saturated heterocycles. The first kappa shape index (κ1) is 19.3. The van der Waals surface area contributed by atoms with Gasteiger partial charge in [0.15, 0.2) is 0 Å². The van der Waals surface area contributed by atoms with Gasteiger partial charge < -0.3 is 4.90 Å². The number of hydrogen-bond donors (Lipinski definition) is 0. The van der Waals surface area contributed by atoms with Gasteiger partial charge in [-0.15, -0.1) is 0 Å². The van der Waals surface area contributed by atoms with Crippen LogP contribution in [0.15, 0.2) is 34.4 Å². The highest BCUT2D eigenvalue weighted by Gasteiger charge is 2.28. The Morgan fingerprint density at radius 2 is 2.15 bits per heavy atom. The summed E-state index contributed by atoms with van der Waals surface area (Å²) in [6, 6.07) is 5.08. The van der Waals surface area contributed by atoms with Crippen LogP contribution in [0.1, 0.15) is 34.2 Å². The van der Waals surface area contributed by atoms with Crippen LogP contribution in [0.2, 0.25) is 10.0 Å². The summed E-state index contributed by atoms with van der Waals surface area (Å²) in [5, 5.41) is 5.25. The molecule has 1 aromatic carbocycles. The zero-order valence-electron chi connectivity index (χ0n) is 15.1. The standard InChI is InChI=1S/C19H19Cl2N5O/c1-12(9-23-11-22-2)18-13-7-8-26(10-16(13)24-25(18)3)19(27)14-5-4-6-15(20)17(14)21/h4-6,9,11H,2,7-8,10H2,1,3H3/b12-9+,23-11-. The number of aromatic nitrogens is 2. The predicted octanol–water partition coefficient (Wildman–Crippen LogP) is 4.02. The minimum absolute atomic E-state index is 0.144. The van der Waals surface area contributed by atoms with E-state index in [-0.39, 0.29) is 10.9 Å². The van der Waals surface area contributed by atoms with Gasteiger partial charge in [0.05, 0.1) is 33.5 Å². The molecular formula is C19H19Cl2N5O. The molecule has 1 amide bonds. The molecule has 0 atom stereocenters. The summed E-state index contributed by atoms with van der Waals surface area (Å²) in [6.45, 7) is 6.35. The molecule has 27 heavy (non-hydrogen) atoms. The van der Waals surface area contributed by atoms with Crippen molar-refractivity contribution in [1.29, 1.82) is 0 Å². The van der Waals surface area contributed by atoms with Gasteiger partial charge in [-0.05, 0) is 37.8 Å². The third-order valence-corrected chi connectivity index (χ3v) is 5.28. The van der Waals surface area contributed by atoms with Crippen LogP contribution in [0.5, 0.6) is 0 Å². The van der Waals surface area contributed by atoms with Crippen molar-refractivity contribution in [3.05, 3.63) is 57.0 Å². The van der Waals surface area contributed by atoms with Crippen molar-refractivity contribution in [3.8, 4) is 0 Å². The van der Waals surface area contributed by atoms with E-state index in [9.17, 15) is 4.79 Å². The molecule has 1 aliphatic heterocycles. The smallest absolute Gasteiger partial charge is 0.255 e. The number of fused-ring (bicyclic) bond motifs is 1. The highest BCUT2D eigenvalue weighted by molar-refractivity contribution is 6.43. The van der Waals surface area contributed by atoms with Crippen molar-refractivity contribution in [2.24, 2.45) is 17.0 Å². The van der Waals surface area contributed by atoms with Gasteiger partial charge in [-0.2, -0.15) is 5.10 Å². The van der Waals surface area contributed by atoms with Crippen LogP contribution >= 0.6 is 23.2 Å². The quantitative estimate of drug-likeness (QED) is 0.571. The first-order chi connectivity index (χ1) is 12.9. The summed E-state index contributed by atoms with van der Waals surface area (Å²) < 4.78 is 1.83. The second-order valence-corrected chi connectivity index (χ2v) is 7.02. The second-order valence-electron chi connectivity index (χ2n) is 6.23. The van der Waals surface area contributed by atoms with E-state index < -0.39 is 0 Å². The van der Waals surface area contributed by atoms with Gasteiger partial charge in [-0.3, -0.25) is 14.5 Å². The fraction of sp³-hybridized carbons (Fsp3) is 0.263. The van der Waals surface area contributed by atoms with Gasteiger partial charge in [-0.25, -0.2) is 4.99 Å². The molecule has 0 unspecified atom stereocenters. The fourth-order valence-electron chi connectivity index (χ4n) is 3.28. The minimum Gasteiger partial charge on any atom is -0.332 e. The molecular weight excluding hydrogens is 385 g/mol. The molecule has 0 fully saturated rings. The molecule has 8 heteroatoms. The number of halogens is 2. The van der Waals surface area contributed by atoms with Crippen LogP contribution < -0.4 is 0 Å². The van der Waals surface area contributed by atoms with Crippen LogP contribution in [0.25, 0.3) is 5.57 Å². The number of rotatable bonds is 4.